The van der Waals surface area contributed by atoms with E-state index in [0.717, 1.165) is 0 Å². The van der Waals surface area contributed by atoms with Gasteiger partial charge in [-0.05, 0) is 12.5 Å². The number of nitrogen functional groups attached to an aromatic ring is 1. The number of rotatable bonds is 4. The van der Waals surface area contributed by atoms with Gasteiger partial charge in [-0.2, -0.15) is 13.2 Å². The molecule has 0 unspecified atom stereocenters. The molecule has 19 heavy (non-hydrogen) atoms. The van der Waals surface area contributed by atoms with Crippen molar-refractivity contribution in [1.29, 1.82) is 0 Å². The number of carbonyl (C=O) groups is 1. The molecule has 0 aliphatic carbocycles. The van der Waals surface area contributed by atoms with Crippen LogP contribution in [0.4, 0.5) is 27.6 Å². The van der Waals surface area contributed by atoms with Gasteiger partial charge in [-0.25, -0.2) is 13.6 Å². The second-order valence-corrected chi connectivity index (χ2v) is 3.71. The third kappa shape index (κ3) is 4.72. The van der Waals surface area contributed by atoms with Crippen molar-refractivity contribution in [3.63, 3.8) is 0 Å². The van der Waals surface area contributed by atoms with Gasteiger partial charge in [0.2, 0.25) is 0 Å². The number of carbonyl (C=O) groups excluding carboxylic acids is 1. The molecule has 0 saturated carbocycles. The van der Waals surface area contributed by atoms with Gasteiger partial charge in [-0.1, -0.05) is 0 Å². The molecule has 0 fully saturated rings. The Kier molecular flexibility index (Phi) is 4.68. The lowest BCUT2D eigenvalue weighted by molar-refractivity contribution is -0.137. The standard InChI is InChI=1S/C11H10F5NO2/c12-7-5-9(17)8(13)4-6(7)10(18)19-3-1-2-11(14,15)16/h4-5H,1-3,17H2. The van der Waals surface area contributed by atoms with E-state index >= 15 is 0 Å². The van der Waals surface area contributed by atoms with Gasteiger partial charge in [0.1, 0.15) is 11.6 Å². The molecule has 0 radical (unpaired) electrons. The summed E-state index contributed by atoms with van der Waals surface area (Å²) in [4.78, 5) is 11.3. The summed E-state index contributed by atoms with van der Waals surface area (Å²) in [6.45, 7) is -0.538. The number of alkyl halides is 3. The number of hydrogen-bond acceptors (Lipinski definition) is 3. The maximum atomic E-state index is 13.3. The van der Waals surface area contributed by atoms with Crippen LogP contribution in [-0.2, 0) is 4.74 Å². The minimum absolute atomic E-state index is 0.450. The molecule has 2 N–H and O–H groups in total. The number of hydrogen-bond donors (Lipinski definition) is 1. The summed E-state index contributed by atoms with van der Waals surface area (Å²) in [6, 6.07) is 1.14. The fourth-order valence-corrected chi connectivity index (χ4v) is 1.23. The highest BCUT2D eigenvalue weighted by Gasteiger charge is 2.26. The van der Waals surface area contributed by atoms with Crippen LogP contribution in [0.2, 0.25) is 0 Å². The van der Waals surface area contributed by atoms with E-state index in [1.165, 1.54) is 0 Å². The van der Waals surface area contributed by atoms with Crippen molar-refractivity contribution in [2.45, 2.75) is 19.0 Å². The van der Waals surface area contributed by atoms with Crippen molar-refractivity contribution in [1.82, 2.24) is 0 Å². The van der Waals surface area contributed by atoms with Crippen molar-refractivity contribution >= 4 is 11.7 Å². The highest BCUT2D eigenvalue weighted by molar-refractivity contribution is 5.90. The zero-order valence-electron chi connectivity index (χ0n) is 9.56. The fraction of sp³-hybridized carbons (Fsp3) is 0.364. The predicted molar refractivity (Wildman–Crippen MR) is 56.3 cm³/mol. The van der Waals surface area contributed by atoms with Crippen LogP contribution in [0, 0.1) is 11.6 Å². The Labute approximate surface area is 105 Å². The molecule has 1 aromatic carbocycles. The summed E-state index contributed by atoms with van der Waals surface area (Å²) in [7, 11) is 0. The third-order valence-electron chi connectivity index (χ3n) is 2.14. The Hall–Kier alpha value is -1.86. The lowest BCUT2D eigenvalue weighted by Gasteiger charge is -2.08. The van der Waals surface area contributed by atoms with E-state index in [0.29, 0.717) is 12.1 Å². The van der Waals surface area contributed by atoms with Gasteiger partial charge in [0.05, 0.1) is 17.9 Å². The van der Waals surface area contributed by atoms with Crippen molar-refractivity contribution < 1.29 is 31.5 Å². The van der Waals surface area contributed by atoms with Gasteiger partial charge in [0.15, 0.2) is 0 Å². The summed E-state index contributed by atoms with van der Waals surface area (Å²) in [5.74, 6) is -3.35. The first-order chi connectivity index (χ1) is 8.70. The Morgan fingerprint density at radius 3 is 2.42 bits per heavy atom. The number of benzene rings is 1. The Bertz CT molecular complexity index is 473. The second kappa shape index (κ2) is 5.85. The van der Waals surface area contributed by atoms with Crippen LogP contribution >= 0.6 is 0 Å². The highest BCUT2D eigenvalue weighted by atomic mass is 19.4. The SMILES string of the molecule is Nc1cc(F)c(C(=O)OCCCC(F)(F)F)cc1F. The first-order valence-electron chi connectivity index (χ1n) is 5.19. The molecular weight excluding hydrogens is 273 g/mol. The second-order valence-electron chi connectivity index (χ2n) is 3.71. The van der Waals surface area contributed by atoms with Gasteiger partial charge in [-0.15, -0.1) is 0 Å². The number of nitrogens with two attached hydrogens (primary N) is 1. The lowest BCUT2D eigenvalue weighted by Crippen LogP contribution is -2.13. The molecule has 0 aliphatic heterocycles. The monoisotopic (exact) mass is 283 g/mol. The largest absolute Gasteiger partial charge is 0.462 e. The van der Waals surface area contributed by atoms with Gasteiger partial charge in [0, 0.05) is 12.5 Å². The van der Waals surface area contributed by atoms with Gasteiger partial charge in [0.25, 0.3) is 0 Å². The minimum atomic E-state index is -4.36. The Morgan fingerprint density at radius 2 is 1.84 bits per heavy atom. The molecule has 8 heteroatoms. The predicted octanol–water partition coefficient (Wildman–Crippen LogP) is 3.05. The summed E-state index contributed by atoms with van der Waals surface area (Å²) in [5, 5.41) is 0. The molecule has 0 amide bonds. The van der Waals surface area contributed by atoms with E-state index in [1.807, 2.05) is 0 Å². The van der Waals surface area contributed by atoms with Crippen LogP contribution in [-0.4, -0.2) is 18.8 Å². The zero-order valence-corrected chi connectivity index (χ0v) is 9.56. The molecule has 0 saturated heterocycles. The molecule has 0 atom stereocenters. The third-order valence-corrected chi connectivity index (χ3v) is 2.14. The van der Waals surface area contributed by atoms with Crippen LogP contribution in [0.15, 0.2) is 12.1 Å². The van der Waals surface area contributed by atoms with E-state index in [9.17, 15) is 26.7 Å². The van der Waals surface area contributed by atoms with Gasteiger partial charge >= 0.3 is 12.1 Å². The Morgan fingerprint density at radius 1 is 1.21 bits per heavy atom. The first kappa shape index (κ1) is 15.2. The summed E-state index contributed by atoms with van der Waals surface area (Å²) >= 11 is 0. The van der Waals surface area contributed by atoms with Crippen molar-refractivity contribution in [2.24, 2.45) is 0 Å². The minimum Gasteiger partial charge on any atom is -0.462 e. The van der Waals surface area contributed by atoms with E-state index < -0.39 is 54.5 Å². The first-order valence-corrected chi connectivity index (χ1v) is 5.19. The maximum absolute atomic E-state index is 13.3. The molecule has 0 heterocycles. The lowest BCUT2D eigenvalue weighted by atomic mass is 10.2. The molecule has 3 nitrogen and oxygen atoms in total. The van der Waals surface area contributed by atoms with Crippen molar-refractivity contribution in [3.8, 4) is 0 Å². The fourth-order valence-electron chi connectivity index (χ4n) is 1.23. The number of halogens is 5. The van der Waals surface area contributed by atoms with Crippen molar-refractivity contribution in [2.75, 3.05) is 12.3 Å². The zero-order chi connectivity index (χ0) is 14.6. The summed E-state index contributed by atoms with van der Waals surface area (Å²) < 4.78 is 66.1. The molecule has 0 bridgehead atoms. The number of anilines is 1. The van der Waals surface area contributed by atoms with Crippen LogP contribution in [0.1, 0.15) is 23.2 Å². The molecule has 1 aromatic rings. The summed E-state index contributed by atoms with van der Waals surface area (Å²) in [5.41, 5.74) is 3.88. The van der Waals surface area contributed by atoms with Crippen LogP contribution in [0.3, 0.4) is 0 Å². The average molecular weight is 283 g/mol. The molecule has 0 spiro atoms. The van der Waals surface area contributed by atoms with Crippen molar-refractivity contribution in [3.05, 3.63) is 29.3 Å². The Balaban J connectivity index is 2.57. The molecule has 0 aromatic heterocycles. The quantitative estimate of drug-likeness (QED) is 0.400. The van der Waals surface area contributed by atoms with E-state index in [-0.39, 0.29) is 0 Å². The van der Waals surface area contributed by atoms with Gasteiger partial charge < -0.3 is 10.5 Å². The maximum Gasteiger partial charge on any atom is 0.389 e. The van der Waals surface area contributed by atoms with Gasteiger partial charge in [-0.3, -0.25) is 0 Å². The van der Waals surface area contributed by atoms with Crippen LogP contribution in [0.5, 0.6) is 0 Å². The van der Waals surface area contributed by atoms with Crippen LogP contribution in [0.25, 0.3) is 0 Å². The van der Waals surface area contributed by atoms with E-state index in [1.54, 1.807) is 0 Å². The molecule has 0 aliphatic rings. The van der Waals surface area contributed by atoms with E-state index in [4.69, 9.17) is 5.73 Å². The molecule has 1 rings (SSSR count). The smallest absolute Gasteiger partial charge is 0.389 e. The topological polar surface area (TPSA) is 52.3 Å². The normalized spacial score (nSPS) is 11.4. The number of esters is 1. The molecule has 106 valence electrons. The average Bonchev–Trinajstić information content (AvgIpc) is 2.28. The van der Waals surface area contributed by atoms with E-state index in [2.05, 4.69) is 4.74 Å². The van der Waals surface area contributed by atoms with Crippen LogP contribution < -0.4 is 5.73 Å². The highest BCUT2D eigenvalue weighted by Crippen LogP contribution is 2.21. The number of ether oxygens (including phenoxy) is 1. The summed E-state index contributed by atoms with van der Waals surface area (Å²) in [6.07, 6.45) is -5.93. The molecular formula is C11H10F5NO2.